The van der Waals surface area contributed by atoms with E-state index in [-0.39, 0.29) is 12.4 Å². The van der Waals surface area contributed by atoms with Crippen molar-refractivity contribution in [2.75, 3.05) is 26.2 Å². The van der Waals surface area contributed by atoms with Crippen LogP contribution in [0.15, 0.2) is 78.9 Å². The molecule has 0 heterocycles. The van der Waals surface area contributed by atoms with Crippen LogP contribution >= 0.6 is 24.0 Å². The van der Waals surface area contributed by atoms with E-state index in [9.17, 15) is 0 Å². The van der Waals surface area contributed by atoms with Crippen molar-refractivity contribution >= 4 is 35.7 Å². The summed E-state index contributed by atoms with van der Waals surface area (Å²) in [5.41, 5.74) is 4.62. The van der Waals surface area contributed by atoms with Crippen molar-refractivity contribution in [2.45, 2.75) is 13.8 Å². The summed E-state index contributed by atoms with van der Waals surface area (Å²) in [4.78, 5) is 2.36. The Labute approximate surface area is 191 Å². The van der Waals surface area contributed by atoms with Gasteiger partial charge < -0.3 is 9.64 Å². The first-order valence-electron chi connectivity index (χ1n) is 10.2. The van der Waals surface area contributed by atoms with E-state index < -0.39 is 0 Å². The van der Waals surface area contributed by atoms with Gasteiger partial charge in [0.15, 0.2) is 0 Å². The molecule has 0 aliphatic heterocycles. The Morgan fingerprint density at radius 2 is 1.43 bits per heavy atom. The van der Waals surface area contributed by atoms with Gasteiger partial charge in [0.05, 0.1) is 0 Å². The second kappa shape index (κ2) is 12.4. The summed E-state index contributed by atoms with van der Waals surface area (Å²) in [7, 11) is 0. The molecule has 0 radical (unpaired) electrons. The molecule has 0 unspecified atom stereocenters. The first-order valence-corrected chi connectivity index (χ1v) is 10.6. The van der Waals surface area contributed by atoms with Gasteiger partial charge in [0, 0.05) is 11.6 Å². The molecule has 0 fully saturated rings. The predicted molar refractivity (Wildman–Crippen MR) is 132 cm³/mol. The van der Waals surface area contributed by atoms with Crippen molar-refractivity contribution in [1.29, 1.82) is 0 Å². The quantitative estimate of drug-likeness (QED) is 0.329. The van der Waals surface area contributed by atoms with Gasteiger partial charge in [-0.3, -0.25) is 0 Å². The zero-order valence-corrected chi connectivity index (χ0v) is 19.1. The van der Waals surface area contributed by atoms with E-state index in [4.69, 9.17) is 16.3 Å². The maximum Gasteiger partial charge on any atom is 0.119 e. The zero-order chi connectivity index (χ0) is 20.5. The lowest BCUT2D eigenvalue weighted by Crippen LogP contribution is -2.27. The van der Waals surface area contributed by atoms with Crippen molar-refractivity contribution in [2.24, 2.45) is 0 Å². The summed E-state index contributed by atoms with van der Waals surface area (Å²) in [5.74, 6) is 0.903. The van der Waals surface area contributed by atoms with Crippen LogP contribution in [0.3, 0.4) is 0 Å². The fraction of sp³-hybridized carbons (Fsp3) is 0.231. The van der Waals surface area contributed by atoms with Gasteiger partial charge in [0.2, 0.25) is 0 Å². The fourth-order valence-electron chi connectivity index (χ4n) is 3.24. The zero-order valence-electron chi connectivity index (χ0n) is 17.6. The second-order valence-corrected chi connectivity index (χ2v) is 7.31. The molecule has 0 atom stereocenters. The molecular formula is C26H29Cl2NO. The molecule has 3 rings (SSSR count). The predicted octanol–water partition coefficient (Wildman–Crippen LogP) is 7.07. The summed E-state index contributed by atoms with van der Waals surface area (Å²) < 4.78 is 5.94. The number of ether oxygens (including phenoxy) is 1. The maximum absolute atomic E-state index is 6.04. The Morgan fingerprint density at radius 1 is 0.833 bits per heavy atom. The lowest BCUT2D eigenvalue weighted by atomic mass is 9.95. The molecule has 0 N–H and O–H groups in total. The molecule has 3 aromatic carbocycles. The maximum atomic E-state index is 6.04. The number of hydrogen-bond acceptors (Lipinski definition) is 2. The number of benzene rings is 3. The fourth-order valence-corrected chi connectivity index (χ4v) is 3.37. The Kier molecular flexibility index (Phi) is 9.96. The van der Waals surface area contributed by atoms with Gasteiger partial charge in [-0.15, -0.1) is 12.4 Å². The van der Waals surface area contributed by atoms with Gasteiger partial charge in [0.25, 0.3) is 0 Å². The lowest BCUT2D eigenvalue weighted by Gasteiger charge is -2.18. The molecule has 0 aliphatic rings. The van der Waals surface area contributed by atoms with Crippen molar-refractivity contribution in [3.8, 4) is 5.75 Å². The minimum Gasteiger partial charge on any atom is -0.492 e. The van der Waals surface area contributed by atoms with Gasteiger partial charge in [-0.05, 0) is 65.7 Å². The molecule has 0 saturated carbocycles. The SMILES string of the molecule is CCN(CC)CCOc1ccc(C(=Cc2ccc(Cl)cc2)c2ccccc2)cc1.Cl. The highest BCUT2D eigenvalue weighted by Gasteiger charge is 2.07. The van der Waals surface area contributed by atoms with Gasteiger partial charge >= 0.3 is 0 Å². The summed E-state index contributed by atoms with van der Waals surface area (Å²) >= 11 is 6.04. The van der Waals surface area contributed by atoms with E-state index in [0.717, 1.165) is 41.5 Å². The van der Waals surface area contributed by atoms with Crippen LogP contribution in [0.2, 0.25) is 5.02 Å². The monoisotopic (exact) mass is 441 g/mol. The molecule has 4 heteroatoms. The molecule has 0 spiro atoms. The van der Waals surface area contributed by atoms with Crippen molar-refractivity contribution in [3.63, 3.8) is 0 Å². The molecule has 0 bridgehead atoms. The number of rotatable bonds is 9. The number of nitrogens with zero attached hydrogens (tertiary/aromatic N) is 1. The Bertz CT molecular complexity index is 902. The van der Waals surface area contributed by atoms with E-state index in [1.807, 2.05) is 30.3 Å². The van der Waals surface area contributed by atoms with Crippen LogP contribution in [0.4, 0.5) is 0 Å². The minimum absolute atomic E-state index is 0. The van der Waals surface area contributed by atoms with Crippen LogP contribution in [-0.4, -0.2) is 31.1 Å². The third-order valence-corrected chi connectivity index (χ3v) is 5.25. The third-order valence-electron chi connectivity index (χ3n) is 5.00. The summed E-state index contributed by atoms with van der Waals surface area (Å²) in [6.07, 6.45) is 2.20. The molecule has 0 saturated heterocycles. The van der Waals surface area contributed by atoms with E-state index in [1.165, 1.54) is 11.1 Å². The van der Waals surface area contributed by atoms with Crippen LogP contribution in [0.25, 0.3) is 11.6 Å². The summed E-state index contributed by atoms with van der Waals surface area (Å²) in [6.45, 7) is 8.10. The van der Waals surface area contributed by atoms with Gasteiger partial charge in [0.1, 0.15) is 12.4 Å². The Hall–Kier alpha value is -2.26. The molecule has 2 nitrogen and oxygen atoms in total. The summed E-state index contributed by atoms with van der Waals surface area (Å²) in [5, 5.41) is 0.745. The van der Waals surface area contributed by atoms with E-state index in [1.54, 1.807) is 0 Å². The van der Waals surface area contributed by atoms with Crippen molar-refractivity contribution in [3.05, 3.63) is 101 Å². The standard InChI is InChI=1S/C26H28ClNO.ClH/c1-3-28(4-2)18-19-29-25-16-12-23(13-17-25)26(22-8-6-5-7-9-22)20-21-10-14-24(27)15-11-21;/h5-17,20H,3-4,18-19H2,1-2H3;1H. The van der Waals surface area contributed by atoms with Crippen LogP contribution in [0, 0.1) is 0 Å². The Morgan fingerprint density at radius 3 is 2.03 bits per heavy atom. The molecule has 30 heavy (non-hydrogen) atoms. The first-order chi connectivity index (χ1) is 14.2. The molecule has 0 aliphatic carbocycles. The normalized spacial score (nSPS) is 11.3. The molecule has 0 aromatic heterocycles. The van der Waals surface area contributed by atoms with Gasteiger partial charge in [-0.25, -0.2) is 0 Å². The highest BCUT2D eigenvalue weighted by molar-refractivity contribution is 6.30. The number of halogens is 2. The molecule has 158 valence electrons. The van der Waals surface area contributed by atoms with E-state index >= 15 is 0 Å². The van der Waals surface area contributed by atoms with Crippen molar-refractivity contribution in [1.82, 2.24) is 4.90 Å². The average molecular weight is 442 g/mol. The largest absolute Gasteiger partial charge is 0.492 e. The van der Waals surface area contributed by atoms with Crippen LogP contribution in [0.5, 0.6) is 5.75 Å². The molecule has 0 amide bonds. The number of likely N-dealkylation sites (N-methyl/N-ethyl adjacent to an activating group) is 1. The minimum atomic E-state index is 0. The topological polar surface area (TPSA) is 12.5 Å². The second-order valence-electron chi connectivity index (χ2n) is 6.88. The molecular weight excluding hydrogens is 413 g/mol. The first kappa shape index (κ1) is 24.0. The van der Waals surface area contributed by atoms with Crippen LogP contribution < -0.4 is 4.74 Å². The smallest absolute Gasteiger partial charge is 0.119 e. The van der Waals surface area contributed by atoms with E-state index in [0.29, 0.717) is 6.61 Å². The van der Waals surface area contributed by atoms with Crippen molar-refractivity contribution < 1.29 is 4.74 Å². The highest BCUT2D eigenvalue weighted by Crippen LogP contribution is 2.28. The summed E-state index contributed by atoms with van der Waals surface area (Å²) in [6, 6.07) is 26.7. The highest BCUT2D eigenvalue weighted by atomic mass is 35.5. The van der Waals surface area contributed by atoms with Gasteiger partial charge in [-0.2, -0.15) is 0 Å². The lowest BCUT2D eigenvalue weighted by molar-refractivity contribution is 0.223. The van der Waals surface area contributed by atoms with Crippen LogP contribution in [-0.2, 0) is 0 Å². The molecule has 3 aromatic rings. The van der Waals surface area contributed by atoms with E-state index in [2.05, 4.69) is 73.4 Å². The van der Waals surface area contributed by atoms with Gasteiger partial charge in [-0.1, -0.05) is 80.0 Å². The number of hydrogen-bond donors (Lipinski definition) is 0. The average Bonchev–Trinajstić information content (AvgIpc) is 2.77. The third kappa shape index (κ3) is 6.91. The van der Waals surface area contributed by atoms with Crippen LogP contribution in [0.1, 0.15) is 30.5 Å². The Balaban J connectivity index is 0.00000320.